The van der Waals surface area contributed by atoms with Crippen LogP contribution in [0.1, 0.15) is 16.8 Å². The zero-order valence-corrected chi connectivity index (χ0v) is 13.2. The van der Waals surface area contributed by atoms with Gasteiger partial charge < -0.3 is 15.3 Å². The third-order valence-corrected chi connectivity index (χ3v) is 4.54. The maximum Gasteiger partial charge on any atom is 0.408 e. The number of carboxylic acids is 2. The summed E-state index contributed by atoms with van der Waals surface area (Å²) in [7, 11) is 0. The van der Waals surface area contributed by atoms with E-state index in [9.17, 15) is 24.3 Å². The van der Waals surface area contributed by atoms with E-state index < -0.39 is 48.2 Å². The van der Waals surface area contributed by atoms with Crippen molar-refractivity contribution >= 4 is 39.7 Å². The summed E-state index contributed by atoms with van der Waals surface area (Å²) in [5.74, 6) is -3.86. The number of carbonyl (C=O) groups excluding carboxylic acids is 1. The van der Waals surface area contributed by atoms with Crippen molar-refractivity contribution in [2.24, 2.45) is 5.41 Å². The largest absolute Gasteiger partial charge is 0.480 e. The molecule has 1 aliphatic rings. The number of aliphatic carboxylic acids is 2. The number of Topliss-reactive ketones (excluding diaryl/α,β-unsaturated/α-hetero) is 1. The molecule has 1 saturated heterocycles. The summed E-state index contributed by atoms with van der Waals surface area (Å²) < 4.78 is 0.353. The third-order valence-electron chi connectivity index (χ3n) is 3.85. The zero-order chi connectivity index (χ0) is 17.4. The molecule has 0 aliphatic carbocycles. The van der Waals surface area contributed by atoms with E-state index in [4.69, 9.17) is 10.2 Å². The van der Waals surface area contributed by atoms with Crippen molar-refractivity contribution in [3.8, 4) is 0 Å². The van der Waals surface area contributed by atoms with Crippen LogP contribution in [0, 0.1) is 5.41 Å². The van der Waals surface area contributed by atoms with Gasteiger partial charge in [0.1, 0.15) is 6.04 Å². The molecule has 3 N–H and O–H groups in total. The topological polar surface area (TPSA) is 132 Å². The number of hydrogen-bond acceptors (Lipinski definition) is 4. The van der Waals surface area contributed by atoms with Gasteiger partial charge in [0, 0.05) is 23.0 Å². The Morgan fingerprint density at radius 3 is 2.17 bits per heavy atom. The zero-order valence-electron chi connectivity index (χ0n) is 11.6. The predicted molar refractivity (Wildman–Crippen MR) is 79.3 cm³/mol. The lowest BCUT2D eigenvalue weighted by Crippen LogP contribution is -2.43. The van der Waals surface area contributed by atoms with Gasteiger partial charge in [-0.3, -0.25) is 14.5 Å². The van der Waals surface area contributed by atoms with E-state index in [1.807, 2.05) is 0 Å². The summed E-state index contributed by atoms with van der Waals surface area (Å²) in [5, 5.41) is 27.8. The molecule has 0 aromatic heterocycles. The van der Waals surface area contributed by atoms with Crippen molar-refractivity contribution in [2.75, 3.05) is 6.54 Å². The molecule has 2 rings (SSSR count). The fourth-order valence-electron chi connectivity index (χ4n) is 2.65. The number of benzene rings is 1. The van der Waals surface area contributed by atoms with Gasteiger partial charge in [-0.2, -0.15) is 0 Å². The number of ketones is 1. The van der Waals surface area contributed by atoms with E-state index in [-0.39, 0.29) is 5.56 Å². The predicted octanol–water partition coefficient (Wildman–Crippen LogP) is 1.54. The van der Waals surface area contributed by atoms with Gasteiger partial charge in [-0.05, 0) is 6.07 Å². The molecule has 1 fully saturated rings. The second kappa shape index (κ2) is 5.99. The lowest BCUT2D eigenvalue weighted by molar-refractivity contribution is -0.145. The highest BCUT2D eigenvalue weighted by molar-refractivity contribution is 9.10. The number of hydrogen-bond donors (Lipinski definition) is 3. The first-order valence-electron chi connectivity index (χ1n) is 6.46. The number of likely N-dealkylation sites (tertiary alicyclic amines) is 1. The van der Waals surface area contributed by atoms with Gasteiger partial charge in [-0.1, -0.05) is 34.1 Å². The van der Waals surface area contributed by atoms with Crippen molar-refractivity contribution in [3.63, 3.8) is 0 Å². The van der Waals surface area contributed by atoms with Crippen LogP contribution in [-0.2, 0) is 9.59 Å². The lowest BCUT2D eigenvalue weighted by atomic mass is 9.78. The molecule has 122 valence electrons. The highest BCUT2D eigenvalue weighted by Gasteiger charge is 2.58. The van der Waals surface area contributed by atoms with E-state index in [2.05, 4.69) is 15.9 Å². The van der Waals surface area contributed by atoms with Crippen molar-refractivity contribution in [3.05, 3.63) is 34.3 Å². The Bertz CT molecular complexity index is 680. The quantitative estimate of drug-likeness (QED) is 0.528. The average Bonchev–Trinajstić information content (AvgIpc) is 2.89. The first-order valence-corrected chi connectivity index (χ1v) is 7.25. The maximum atomic E-state index is 12.7. The van der Waals surface area contributed by atoms with Crippen LogP contribution in [0.3, 0.4) is 0 Å². The summed E-state index contributed by atoms with van der Waals surface area (Å²) in [6.07, 6.45) is -2.20. The highest BCUT2D eigenvalue weighted by atomic mass is 79.9. The second-order valence-electron chi connectivity index (χ2n) is 5.16. The molecule has 1 aromatic carbocycles. The number of carbonyl (C=O) groups is 4. The van der Waals surface area contributed by atoms with Crippen LogP contribution in [-0.4, -0.2) is 56.6 Å². The summed E-state index contributed by atoms with van der Waals surface area (Å²) in [6, 6.07) is 4.52. The Balaban J connectivity index is 2.52. The number of rotatable bonds is 4. The molecule has 23 heavy (non-hydrogen) atoms. The molecule has 0 radical (unpaired) electrons. The van der Waals surface area contributed by atoms with Crippen molar-refractivity contribution < 1.29 is 34.5 Å². The fraction of sp³-hybridized carbons (Fsp3) is 0.286. The second-order valence-corrected chi connectivity index (χ2v) is 6.02. The summed E-state index contributed by atoms with van der Waals surface area (Å²) in [6.45, 7) is -0.713. The third kappa shape index (κ3) is 2.79. The van der Waals surface area contributed by atoms with E-state index in [0.29, 0.717) is 9.37 Å². The normalized spacial score (nSPS) is 23.5. The van der Waals surface area contributed by atoms with Crippen molar-refractivity contribution in [1.82, 2.24) is 4.90 Å². The Morgan fingerprint density at radius 2 is 1.74 bits per heavy atom. The smallest absolute Gasteiger partial charge is 0.408 e. The van der Waals surface area contributed by atoms with Gasteiger partial charge in [0.05, 0.1) is 0 Å². The van der Waals surface area contributed by atoms with Crippen LogP contribution >= 0.6 is 15.9 Å². The number of amides is 1. The molecule has 0 spiro atoms. The molecular weight excluding hydrogens is 374 g/mol. The average molecular weight is 386 g/mol. The molecule has 1 amide bonds. The van der Waals surface area contributed by atoms with E-state index in [1.54, 1.807) is 12.1 Å². The van der Waals surface area contributed by atoms with Crippen molar-refractivity contribution in [1.29, 1.82) is 0 Å². The summed E-state index contributed by atoms with van der Waals surface area (Å²) >= 11 is 3.15. The number of halogens is 1. The van der Waals surface area contributed by atoms with Gasteiger partial charge >= 0.3 is 18.0 Å². The monoisotopic (exact) mass is 385 g/mol. The number of carboxylic acid groups (broad SMARTS) is 3. The van der Waals surface area contributed by atoms with Crippen LogP contribution in [0.15, 0.2) is 28.7 Å². The lowest BCUT2D eigenvalue weighted by Gasteiger charge is -2.22. The minimum Gasteiger partial charge on any atom is -0.480 e. The molecule has 1 aliphatic heterocycles. The van der Waals surface area contributed by atoms with E-state index in [1.165, 1.54) is 12.1 Å². The van der Waals surface area contributed by atoms with Gasteiger partial charge in [-0.15, -0.1) is 0 Å². The van der Waals surface area contributed by atoms with E-state index >= 15 is 0 Å². The Kier molecular flexibility index (Phi) is 4.42. The van der Waals surface area contributed by atoms with Gasteiger partial charge in [0.15, 0.2) is 11.2 Å². The standard InChI is InChI=1S/C14H12BrNO7/c15-8-4-2-1-3-7(8)10(17)14(12(20)21)5-9(11(18)19)16(6-14)13(22)23/h1-4,9H,5-6H2,(H,18,19)(H,20,21)(H,22,23)/t9-,14-/m0/s1. The molecular formula is C14H12BrNO7. The Morgan fingerprint density at radius 1 is 1.13 bits per heavy atom. The summed E-state index contributed by atoms with van der Waals surface area (Å²) in [4.78, 5) is 47.4. The first-order chi connectivity index (χ1) is 10.7. The van der Waals surface area contributed by atoms with Gasteiger partial charge in [0.2, 0.25) is 0 Å². The molecule has 2 atom stereocenters. The van der Waals surface area contributed by atoms with Crippen LogP contribution < -0.4 is 0 Å². The maximum absolute atomic E-state index is 12.7. The molecule has 1 aromatic rings. The number of nitrogens with zero attached hydrogens (tertiary/aromatic N) is 1. The van der Waals surface area contributed by atoms with E-state index in [0.717, 1.165) is 0 Å². The van der Waals surface area contributed by atoms with Crippen LogP contribution in [0.2, 0.25) is 0 Å². The highest BCUT2D eigenvalue weighted by Crippen LogP contribution is 2.39. The fourth-order valence-corrected chi connectivity index (χ4v) is 3.11. The molecule has 0 bridgehead atoms. The van der Waals surface area contributed by atoms with Gasteiger partial charge in [0.25, 0.3) is 0 Å². The Hall–Kier alpha value is -2.42. The minimum atomic E-state index is -2.13. The molecule has 8 nitrogen and oxygen atoms in total. The van der Waals surface area contributed by atoms with Crippen LogP contribution in [0.25, 0.3) is 0 Å². The molecule has 0 unspecified atom stereocenters. The minimum absolute atomic E-state index is 0.0614. The molecule has 1 heterocycles. The van der Waals surface area contributed by atoms with Crippen LogP contribution in [0.4, 0.5) is 4.79 Å². The first kappa shape index (κ1) is 16.9. The van der Waals surface area contributed by atoms with Crippen molar-refractivity contribution in [2.45, 2.75) is 12.5 Å². The molecule has 9 heteroatoms. The van der Waals surface area contributed by atoms with Crippen LogP contribution in [0.5, 0.6) is 0 Å². The molecule has 0 saturated carbocycles. The SMILES string of the molecule is O=C(O)[C@@H]1C[C@@](C(=O)O)(C(=O)c2ccccc2Br)CN1C(=O)O. The summed E-state index contributed by atoms with van der Waals surface area (Å²) in [5.41, 5.74) is -2.07. The van der Waals surface area contributed by atoms with Gasteiger partial charge in [-0.25, -0.2) is 9.59 Å². The Labute approximate surface area is 138 Å².